The lowest BCUT2D eigenvalue weighted by Crippen LogP contribution is -2.55. The van der Waals surface area contributed by atoms with E-state index in [1.165, 1.54) is 20.0 Å². The Hall–Kier alpha value is -0.610. The monoisotopic (exact) mass is 297 g/mol. The minimum atomic E-state index is -0.947. The standard InChI is InChI=1S/C17H31NO3/c1-11(2)14-8-5-12(3)9-15(14)21-10-17(18,13-6-7-13)16(19)20-4/h11-15H,5-10,18H2,1-4H3. The molecule has 2 aliphatic rings. The molecule has 0 aliphatic heterocycles. The van der Waals surface area contributed by atoms with Crippen LogP contribution in [0.3, 0.4) is 0 Å². The Kier molecular flexibility index (Phi) is 5.31. The van der Waals surface area contributed by atoms with E-state index >= 15 is 0 Å². The maximum Gasteiger partial charge on any atom is 0.328 e. The molecule has 0 amide bonds. The normalized spacial score (nSPS) is 32.8. The maximum atomic E-state index is 12.0. The van der Waals surface area contributed by atoms with Gasteiger partial charge in [0.2, 0.25) is 0 Å². The van der Waals surface area contributed by atoms with Crippen molar-refractivity contribution in [3.8, 4) is 0 Å². The molecular weight excluding hydrogens is 266 g/mol. The Morgan fingerprint density at radius 3 is 2.48 bits per heavy atom. The van der Waals surface area contributed by atoms with E-state index in [-0.39, 0.29) is 18.0 Å². The Bertz CT molecular complexity index is 367. The van der Waals surface area contributed by atoms with Crippen LogP contribution < -0.4 is 5.73 Å². The zero-order valence-corrected chi connectivity index (χ0v) is 13.9. The molecule has 2 N–H and O–H groups in total. The summed E-state index contributed by atoms with van der Waals surface area (Å²) in [6.45, 7) is 7.09. The lowest BCUT2D eigenvalue weighted by Gasteiger charge is -2.39. The van der Waals surface area contributed by atoms with Crippen LogP contribution in [0.1, 0.15) is 52.9 Å². The maximum absolute atomic E-state index is 12.0. The Balaban J connectivity index is 1.99. The molecule has 122 valence electrons. The number of rotatable bonds is 6. The van der Waals surface area contributed by atoms with Crippen molar-refractivity contribution < 1.29 is 14.3 Å². The third-order valence-corrected chi connectivity index (χ3v) is 5.37. The van der Waals surface area contributed by atoms with Crippen LogP contribution in [0.15, 0.2) is 0 Å². The number of esters is 1. The molecule has 2 aliphatic carbocycles. The highest BCUT2D eigenvalue weighted by atomic mass is 16.5. The fraction of sp³-hybridized carbons (Fsp3) is 0.941. The fourth-order valence-electron chi connectivity index (χ4n) is 3.68. The quantitative estimate of drug-likeness (QED) is 0.766. The van der Waals surface area contributed by atoms with Gasteiger partial charge in [-0.25, -0.2) is 4.79 Å². The van der Waals surface area contributed by atoms with Crippen molar-refractivity contribution in [3.63, 3.8) is 0 Å². The first kappa shape index (κ1) is 16.8. The second-order valence-electron chi connectivity index (χ2n) is 7.48. The van der Waals surface area contributed by atoms with E-state index in [2.05, 4.69) is 20.8 Å². The summed E-state index contributed by atoms with van der Waals surface area (Å²) in [6.07, 6.45) is 5.79. The van der Waals surface area contributed by atoms with Gasteiger partial charge in [-0.3, -0.25) is 0 Å². The van der Waals surface area contributed by atoms with Crippen LogP contribution in [-0.2, 0) is 14.3 Å². The molecule has 0 aromatic heterocycles. The number of ether oxygens (including phenoxy) is 2. The summed E-state index contributed by atoms with van der Waals surface area (Å²) >= 11 is 0. The minimum absolute atomic E-state index is 0.222. The second kappa shape index (κ2) is 6.66. The molecule has 4 nitrogen and oxygen atoms in total. The van der Waals surface area contributed by atoms with Crippen molar-refractivity contribution >= 4 is 5.97 Å². The van der Waals surface area contributed by atoms with Gasteiger partial charge in [-0.15, -0.1) is 0 Å². The van der Waals surface area contributed by atoms with E-state index in [9.17, 15) is 4.79 Å². The van der Waals surface area contributed by atoms with Crippen LogP contribution >= 0.6 is 0 Å². The van der Waals surface area contributed by atoms with E-state index in [4.69, 9.17) is 15.2 Å². The van der Waals surface area contributed by atoms with Crippen LogP contribution in [-0.4, -0.2) is 31.3 Å². The highest BCUT2D eigenvalue weighted by Crippen LogP contribution is 2.41. The first-order valence-electron chi connectivity index (χ1n) is 8.37. The number of nitrogens with two attached hydrogens (primary N) is 1. The molecule has 0 radical (unpaired) electrons. The molecule has 0 heterocycles. The Morgan fingerprint density at radius 1 is 1.29 bits per heavy atom. The average molecular weight is 297 g/mol. The largest absolute Gasteiger partial charge is 0.468 e. The van der Waals surface area contributed by atoms with Gasteiger partial charge in [0.15, 0.2) is 0 Å². The van der Waals surface area contributed by atoms with Gasteiger partial charge >= 0.3 is 5.97 Å². The smallest absolute Gasteiger partial charge is 0.328 e. The van der Waals surface area contributed by atoms with Gasteiger partial charge in [0.1, 0.15) is 5.54 Å². The summed E-state index contributed by atoms with van der Waals surface area (Å²) in [5, 5.41) is 0. The van der Waals surface area contributed by atoms with E-state index in [0.29, 0.717) is 24.4 Å². The van der Waals surface area contributed by atoms with Crippen LogP contribution in [0.4, 0.5) is 0 Å². The lowest BCUT2D eigenvalue weighted by atomic mass is 9.75. The van der Waals surface area contributed by atoms with Crippen molar-refractivity contribution in [2.45, 2.75) is 64.5 Å². The highest BCUT2D eigenvalue weighted by Gasteiger charge is 2.50. The Morgan fingerprint density at radius 2 is 1.95 bits per heavy atom. The minimum Gasteiger partial charge on any atom is -0.468 e. The summed E-state index contributed by atoms with van der Waals surface area (Å²) in [5.74, 6) is 1.77. The van der Waals surface area contributed by atoms with Gasteiger partial charge in [0.25, 0.3) is 0 Å². The first-order valence-corrected chi connectivity index (χ1v) is 8.37. The van der Waals surface area contributed by atoms with Crippen LogP contribution in [0.5, 0.6) is 0 Å². The van der Waals surface area contributed by atoms with Gasteiger partial charge in [-0.2, -0.15) is 0 Å². The van der Waals surface area contributed by atoms with Gasteiger partial charge in [-0.05, 0) is 49.4 Å². The second-order valence-corrected chi connectivity index (χ2v) is 7.48. The molecule has 0 aromatic rings. The SMILES string of the molecule is COC(=O)C(N)(COC1CC(C)CCC1C(C)C)C1CC1. The molecule has 0 spiro atoms. The van der Waals surface area contributed by atoms with Crippen molar-refractivity contribution in [3.05, 3.63) is 0 Å². The number of carbonyl (C=O) groups excluding carboxylic acids is 1. The topological polar surface area (TPSA) is 61.5 Å². The Labute approximate surface area is 128 Å². The molecule has 4 atom stereocenters. The van der Waals surface area contributed by atoms with Crippen molar-refractivity contribution in [2.75, 3.05) is 13.7 Å². The van der Waals surface area contributed by atoms with Crippen LogP contribution in [0.25, 0.3) is 0 Å². The van der Waals surface area contributed by atoms with Gasteiger partial charge in [0.05, 0.1) is 19.8 Å². The van der Waals surface area contributed by atoms with E-state index in [0.717, 1.165) is 19.3 Å². The molecule has 0 aromatic carbocycles. The third kappa shape index (κ3) is 3.78. The zero-order chi connectivity index (χ0) is 15.6. The van der Waals surface area contributed by atoms with Gasteiger partial charge < -0.3 is 15.2 Å². The number of carbonyl (C=O) groups is 1. The van der Waals surface area contributed by atoms with Crippen molar-refractivity contribution in [1.82, 2.24) is 0 Å². The zero-order valence-electron chi connectivity index (χ0n) is 13.9. The fourth-order valence-corrected chi connectivity index (χ4v) is 3.68. The number of hydrogen-bond acceptors (Lipinski definition) is 4. The molecule has 0 saturated heterocycles. The third-order valence-electron chi connectivity index (χ3n) is 5.37. The van der Waals surface area contributed by atoms with Crippen LogP contribution in [0.2, 0.25) is 0 Å². The van der Waals surface area contributed by atoms with Gasteiger partial charge in [0, 0.05) is 0 Å². The highest BCUT2D eigenvalue weighted by molar-refractivity contribution is 5.81. The summed E-state index contributed by atoms with van der Waals surface area (Å²) in [6, 6.07) is 0. The van der Waals surface area contributed by atoms with Crippen molar-refractivity contribution in [1.29, 1.82) is 0 Å². The van der Waals surface area contributed by atoms with Crippen molar-refractivity contribution in [2.24, 2.45) is 29.4 Å². The molecule has 2 rings (SSSR count). The average Bonchev–Trinajstić information content (AvgIpc) is 3.28. The number of hydrogen-bond donors (Lipinski definition) is 1. The molecule has 2 fully saturated rings. The first-order chi connectivity index (χ1) is 9.88. The summed E-state index contributed by atoms with van der Waals surface area (Å²) in [5.41, 5.74) is 5.38. The van der Waals surface area contributed by atoms with Crippen LogP contribution in [0, 0.1) is 23.7 Å². The van der Waals surface area contributed by atoms with Gasteiger partial charge in [-0.1, -0.05) is 27.2 Å². The predicted molar refractivity (Wildman–Crippen MR) is 82.7 cm³/mol. The van der Waals surface area contributed by atoms with E-state index in [1.807, 2.05) is 0 Å². The van der Waals surface area contributed by atoms with E-state index in [1.54, 1.807) is 0 Å². The summed E-state index contributed by atoms with van der Waals surface area (Å²) in [4.78, 5) is 12.0. The molecule has 21 heavy (non-hydrogen) atoms. The molecule has 2 saturated carbocycles. The lowest BCUT2D eigenvalue weighted by molar-refractivity contribution is -0.153. The van der Waals surface area contributed by atoms with E-state index < -0.39 is 5.54 Å². The molecule has 4 heteroatoms. The number of methoxy groups -OCH3 is 1. The molecular formula is C17H31NO3. The molecule has 4 unspecified atom stereocenters. The molecule has 0 bridgehead atoms. The summed E-state index contributed by atoms with van der Waals surface area (Å²) in [7, 11) is 1.41. The summed E-state index contributed by atoms with van der Waals surface area (Å²) < 4.78 is 11.1. The predicted octanol–water partition coefficient (Wildman–Crippen LogP) is 2.74.